The van der Waals surface area contributed by atoms with Crippen LogP contribution in [-0.2, 0) is 17.8 Å². The lowest BCUT2D eigenvalue weighted by Crippen LogP contribution is -2.22. The molecule has 1 aliphatic rings. The fourth-order valence-electron chi connectivity index (χ4n) is 2.32. The molecule has 1 aromatic carbocycles. The SMILES string of the molecule is COC1CCN(Cc2cc(F)cc(CN)c2)C1. The van der Waals surface area contributed by atoms with Gasteiger partial charge in [-0.05, 0) is 29.7 Å². The van der Waals surface area contributed by atoms with E-state index >= 15 is 0 Å². The highest BCUT2D eigenvalue weighted by Crippen LogP contribution is 2.17. The van der Waals surface area contributed by atoms with E-state index in [9.17, 15) is 4.39 Å². The summed E-state index contributed by atoms with van der Waals surface area (Å²) in [7, 11) is 1.74. The van der Waals surface area contributed by atoms with Crippen LogP contribution in [-0.4, -0.2) is 31.2 Å². The molecule has 1 heterocycles. The Morgan fingerprint density at radius 3 is 2.82 bits per heavy atom. The average Bonchev–Trinajstić information content (AvgIpc) is 2.76. The number of methoxy groups -OCH3 is 1. The zero-order chi connectivity index (χ0) is 12.3. The zero-order valence-electron chi connectivity index (χ0n) is 10.2. The van der Waals surface area contributed by atoms with Gasteiger partial charge in [-0.3, -0.25) is 4.90 Å². The molecule has 0 aliphatic carbocycles. The van der Waals surface area contributed by atoms with Crippen molar-refractivity contribution in [2.75, 3.05) is 20.2 Å². The molecule has 1 fully saturated rings. The highest BCUT2D eigenvalue weighted by molar-refractivity contribution is 5.24. The first-order chi connectivity index (χ1) is 8.21. The maximum Gasteiger partial charge on any atom is 0.123 e. The van der Waals surface area contributed by atoms with E-state index in [-0.39, 0.29) is 5.82 Å². The van der Waals surface area contributed by atoms with Crippen LogP contribution in [0.5, 0.6) is 0 Å². The van der Waals surface area contributed by atoms with Crippen LogP contribution in [0.2, 0.25) is 0 Å². The summed E-state index contributed by atoms with van der Waals surface area (Å²) >= 11 is 0. The fraction of sp³-hybridized carbons (Fsp3) is 0.538. The lowest BCUT2D eigenvalue weighted by Gasteiger charge is -2.16. The minimum absolute atomic E-state index is 0.203. The van der Waals surface area contributed by atoms with Crippen LogP contribution in [0.4, 0.5) is 4.39 Å². The molecular weight excluding hydrogens is 219 g/mol. The van der Waals surface area contributed by atoms with Gasteiger partial charge in [-0.2, -0.15) is 0 Å². The van der Waals surface area contributed by atoms with Crippen LogP contribution >= 0.6 is 0 Å². The Balaban J connectivity index is 2.01. The Kier molecular flexibility index (Phi) is 4.10. The number of halogens is 1. The lowest BCUT2D eigenvalue weighted by atomic mass is 10.1. The summed E-state index contributed by atoms with van der Waals surface area (Å²) in [5.74, 6) is -0.203. The van der Waals surface area contributed by atoms with Crippen molar-refractivity contribution in [1.82, 2.24) is 4.90 Å². The maximum atomic E-state index is 13.3. The highest BCUT2D eigenvalue weighted by atomic mass is 19.1. The predicted octanol–water partition coefficient (Wildman–Crippen LogP) is 1.51. The van der Waals surface area contributed by atoms with Crippen molar-refractivity contribution in [2.24, 2.45) is 5.73 Å². The molecule has 2 rings (SSSR count). The van der Waals surface area contributed by atoms with Gasteiger partial charge >= 0.3 is 0 Å². The second kappa shape index (κ2) is 5.58. The molecule has 3 nitrogen and oxygen atoms in total. The molecule has 0 radical (unpaired) electrons. The van der Waals surface area contributed by atoms with Gasteiger partial charge in [-0.15, -0.1) is 0 Å². The molecule has 0 saturated carbocycles. The lowest BCUT2D eigenvalue weighted by molar-refractivity contribution is 0.107. The third kappa shape index (κ3) is 3.25. The monoisotopic (exact) mass is 238 g/mol. The standard InChI is InChI=1S/C13H19FN2O/c1-17-13-2-3-16(9-13)8-11-4-10(7-15)5-12(14)6-11/h4-6,13H,2-3,7-9,15H2,1H3. The number of likely N-dealkylation sites (tertiary alicyclic amines) is 1. The molecule has 1 unspecified atom stereocenters. The third-order valence-electron chi connectivity index (χ3n) is 3.22. The number of ether oxygens (including phenoxy) is 1. The van der Waals surface area contributed by atoms with Gasteiger partial charge < -0.3 is 10.5 Å². The minimum Gasteiger partial charge on any atom is -0.380 e. The number of hydrogen-bond acceptors (Lipinski definition) is 3. The molecule has 0 aromatic heterocycles. The highest BCUT2D eigenvalue weighted by Gasteiger charge is 2.21. The van der Waals surface area contributed by atoms with Gasteiger partial charge in [0.2, 0.25) is 0 Å². The van der Waals surface area contributed by atoms with Crippen molar-refractivity contribution in [3.63, 3.8) is 0 Å². The Hall–Kier alpha value is -0.970. The zero-order valence-corrected chi connectivity index (χ0v) is 10.2. The van der Waals surface area contributed by atoms with Crippen LogP contribution < -0.4 is 5.73 Å². The molecule has 1 aromatic rings. The van der Waals surface area contributed by atoms with Gasteiger partial charge in [-0.25, -0.2) is 4.39 Å². The van der Waals surface area contributed by atoms with Gasteiger partial charge in [0, 0.05) is 33.3 Å². The van der Waals surface area contributed by atoms with Crippen LogP contribution in [0, 0.1) is 5.82 Å². The van der Waals surface area contributed by atoms with Crippen molar-refractivity contribution >= 4 is 0 Å². The summed E-state index contributed by atoms with van der Waals surface area (Å²) in [6, 6.07) is 5.05. The number of nitrogens with two attached hydrogens (primary N) is 1. The normalized spacial score (nSPS) is 21.0. The van der Waals surface area contributed by atoms with Gasteiger partial charge in [0.05, 0.1) is 6.10 Å². The molecule has 4 heteroatoms. The summed E-state index contributed by atoms with van der Waals surface area (Å²) in [5, 5.41) is 0. The summed E-state index contributed by atoms with van der Waals surface area (Å²) in [6.07, 6.45) is 1.37. The fourth-order valence-corrected chi connectivity index (χ4v) is 2.32. The van der Waals surface area contributed by atoms with E-state index in [2.05, 4.69) is 4.90 Å². The Labute approximate surface area is 101 Å². The number of benzene rings is 1. The third-order valence-corrected chi connectivity index (χ3v) is 3.22. The van der Waals surface area contributed by atoms with E-state index in [1.165, 1.54) is 6.07 Å². The van der Waals surface area contributed by atoms with Crippen molar-refractivity contribution in [3.8, 4) is 0 Å². The quantitative estimate of drug-likeness (QED) is 0.864. The number of hydrogen-bond donors (Lipinski definition) is 1. The molecule has 0 amide bonds. The van der Waals surface area contributed by atoms with Crippen LogP contribution in [0.25, 0.3) is 0 Å². The molecule has 1 atom stereocenters. The molecule has 0 bridgehead atoms. The molecule has 2 N–H and O–H groups in total. The predicted molar refractivity (Wildman–Crippen MR) is 65.0 cm³/mol. The smallest absolute Gasteiger partial charge is 0.123 e. The Morgan fingerprint density at radius 1 is 1.41 bits per heavy atom. The molecule has 17 heavy (non-hydrogen) atoms. The average molecular weight is 238 g/mol. The Morgan fingerprint density at radius 2 is 2.18 bits per heavy atom. The minimum atomic E-state index is -0.203. The summed E-state index contributed by atoms with van der Waals surface area (Å²) in [4.78, 5) is 2.28. The van der Waals surface area contributed by atoms with E-state index in [0.29, 0.717) is 12.6 Å². The second-order valence-corrected chi connectivity index (χ2v) is 4.55. The molecular formula is C13H19FN2O. The van der Waals surface area contributed by atoms with Crippen molar-refractivity contribution in [2.45, 2.75) is 25.6 Å². The van der Waals surface area contributed by atoms with Crippen molar-refractivity contribution in [3.05, 3.63) is 35.1 Å². The van der Waals surface area contributed by atoms with E-state index in [1.807, 2.05) is 6.07 Å². The van der Waals surface area contributed by atoms with Gasteiger partial charge in [0.15, 0.2) is 0 Å². The topological polar surface area (TPSA) is 38.5 Å². The molecule has 1 saturated heterocycles. The molecule has 1 aliphatic heterocycles. The molecule has 94 valence electrons. The van der Waals surface area contributed by atoms with Crippen molar-refractivity contribution < 1.29 is 9.13 Å². The van der Waals surface area contributed by atoms with Crippen LogP contribution in [0.3, 0.4) is 0 Å². The number of nitrogens with zero attached hydrogens (tertiary/aromatic N) is 1. The van der Waals surface area contributed by atoms with Gasteiger partial charge in [-0.1, -0.05) is 6.07 Å². The van der Waals surface area contributed by atoms with Gasteiger partial charge in [0.25, 0.3) is 0 Å². The van der Waals surface area contributed by atoms with Gasteiger partial charge in [0.1, 0.15) is 5.82 Å². The summed E-state index contributed by atoms with van der Waals surface area (Å²) < 4.78 is 18.6. The van der Waals surface area contributed by atoms with E-state index in [1.54, 1.807) is 13.2 Å². The van der Waals surface area contributed by atoms with Crippen molar-refractivity contribution in [1.29, 1.82) is 0 Å². The first-order valence-corrected chi connectivity index (χ1v) is 5.95. The van der Waals surface area contributed by atoms with E-state index in [4.69, 9.17) is 10.5 Å². The Bertz CT molecular complexity index is 384. The molecule has 0 spiro atoms. The van der Waals surface area contributed by atoms with Crippen LogP contribution in [0.15, 0.2) is 18.2 Å². The first-order valence-electron chi connectivity index (χ1n) is 5.95. The maximum absolute atomic E-state index is 13.3. The van der Waals surface area contributed by atoms with E-state index < -0.39 is 0 Å². The second-order valence-electron chi connectivity index (χ2n) is 4.55. The summed E-state index contributed by atoms with van der Waals surface area (Å²) in [6.45, 7) is 3.08. The first kappa shape index (κ1) is 12.5. The number of rotatable bonds is 4. The van der Waals surface area contributed by atoms with E-state index in [0.717, 1.165) is 37.2 Å². The summed E-state index contributed by atoms with van der Waals surface area (Å²) in [5.41, 5.74) is 7.38. The van der Waals surface area contributed by atoms with Crippen LogP contribution in [0.1, 0.15) is 17.5 Å². The largest absolute Gasteiger partial charge is 0.380 e.